The molecule has 3 nitrogen and oxygen atoms in total. The number of ether oxygens (including phenoxy) is 1. The molecule has 0 aliphatic carbocycles. The molecule has 18 heavy (non-hydrogen) atoms. The zero-order valence-corrected chi connectivity index (χ0v) is 11.2. The van der Waals surface area contributed by atoms with Crippen molar-refractivity contribution in [3.8, 4) is 5.75 Å². The van der Waals surface area contributed by atoms with Gasteiger partial charge in [-0.15, -0.1) is 0 Å². The highest BCUT2D eigenvalue weighted by Crippen LogP contribution is 2.40. The highest BCUT2D eigenvalue weighted by atomic mass is 19.1. The second kappa shape index (κ2) is 5.24. The van der Waals surface area contributed by atoms with E-state index in [2.05, 4.69) is 18.7 Å². The van der Waals surface area contributed by atoms with E-state index in [-0.39, 0.29) is 11.9 Å². The second-order valence-corrected chi connectivity index (χ2v) is 5.22. The Morgan fingerprint density at radius 2 is 2.22 bits per heavy atom. The molecular weight excluding hydrogens is 231 g/mol. The van der Waals surface area contributed by atoms with Crippen molar-refractivity contribution in [2.75, 3.05) is 20.2 Å². The number of halogens is 1. The van der Waals surface area contributed by atoms with Crippen molar-refractivity contribution in [2.45, 2.75) is 26.4 Å². The van der Waals surface area contributed by atoms with E-state index in [1.54, 1.807) is 13.2 Å². The number of hydrogen-bond donors (Lipinski definition) is 1. The maximum atomic E-state index is 14.0. The molecule has 0 amide bonds. The Balaban J connectivity index is 2.40. The molecule has 4 heteroatoms. The van der Waals surface area contributed by atoms with Gasteiger partial charge in [0.05, 0.1) is 13.2 Å². The number of benzene rings is 1. The van der Waals surface area contributed by atoms with Crippen molar-refractivity contribution in [3.63, 3.8) is 0 Å². The van der Waals surface area contributed by atoms with Crippen LogP contribution in [0.3, 0.4) is 0 Å². The summed E-state index contributed by atoms with van der Waals surface area (Å²) >= 11 is 0. The molecule has 1 aromatic rings. The molecule has 1 atom stereocenters. The van der Waals surface area contributed by atoms with Gasteiger partial charge in [-0.25, -0.2) is 4.39 Å². The summed E-state index contributed by atoms with van der Waals surface area (Å²) in [6, 6.07) is 3.14. The normalized spacial score (nSPS) is 19.3. The summed E-state index contributed by atoms with van der Waals surface area (Å²) in [5.41, 5.74) is 7.50. The Kier molecular flexibility index (Phi) is 3.88. The van der Waals surface area contributed by atoms with Crippen LogP contribution < -0.4 is 10.5 Å². The summed E-state index contributed by atoms with van der Waals surface area (Å²) in [5, 5.41) is 0. The molecule has 0 fully saturated rings. The second-order valence-electron chi connectivity index (χ2n) is 5.22. The quantitative estimate of drug-likeness (QED) is 0.893. The van der Waals surface area contributed by atoms with E-state index >= 15 is 0 Å². The summed E-state index contributed by atoms with van der Waals surface area (Å²) in [6.45, 7) is 6.38. The minimum atomic E-state index is -0.174. The average molecular weight is 252 g/mol. The highest BCUT2D eigenvalue weighted by Gasteiger charge is 2.34. The van der Waals surface area contributed by atoms with E-state index < -0.39 is 0 Å². The lowest BCUT2D eigenvalue weighted by molar-refractivity contribution is 0.193. The van der Waals surface area contributed by atoms with Crippen LogP contribution >= 0.6 is 0 Å². The fourth-order valence-electron chi connectivity index (χ4n) is 2.75. The Morgan fingerprint density at radius 1 is 1.50 bits per heavy atom. The van der Waals surface area contributed by atoms with Crippen LogP contribution in [0.1, 0.15) is 31.0 Å². The van der Waals surface area contributed by atoms with Crippen molar-refractivity contribution in [1.29, 1.82) is 0 Å². The third kappa shape index (κ3) is 2.22. The molecule has 0 spiro atoms. The van der Waals surface area contributed by atoms with Gasteiger partial charge in [0.1, 0.15) is 11.6 Å². The topological polar surface area (TPSA) is 38.5 Å². The van der Waals surface area contributed by atoms with Crippen LogP contribution in [0.15, 0.2) is 12.1 Å². The van der Waals surface area contributed by atoms with E-state index in [4.69, 9.17) is 10.5 Å². The molecule has 1 heterocycles. The Hall–Kier alpha value is -1.13. The van der Waals surface area contributed by atoms with Gasteiger partial charge in [0, 0.05) is 30.8 Å². The highest BCUT2D eigenvalue weighted by molar-refractivity contribution is 5.45. The van der Waals surface area contributed by atoms with Crippen LogP contribution in [0.5, 0.6) is 5.75 Å². The predicted octanol–water partition coefficient (Wildman–Crippen LogP) is 2.31. The Morgan fingerprint density at radius 3 is 2.78 bits per heavy atom. The lowest BCUT2D eigenvalue weighted by Gasteiger charge is -2.25. The molecule has 1 aliphatic heterocycles. The molecule has 1 aromatic carbocycles. The number of hydrogen-bond acceptors (Lipinski definition) is 3. The van der Waals surface area contributed by atoms with Crippen LogP contribution in [0.25, 0.3) is 0 Å². The SMILES string of the molecule is COc1ccc(F)c2c1CN(CC(C)C)C2CN. The van der Waals surface area contributed by atoms with E-state index in [0.717, 1.165) is 30.0 Å². The van der Waals surface area contributed by atoms with Gasteiger partial charge in [0.2, 0.25) is 0 Å². The standard InChI is InChI=1S/C14H21FN2O/c1-9(2)7-17-8-10-13(18-3)5-4-11(15)14(10)12(17)6-16/h4-5,9,12H,6-8,16H2,1-3H3. The van der Waals surface area contributed by atoms with Gasteiger partial charge in [0.25, 0.3) is 0 Å². The zero-order chi connectivity index (χ0) is 13.3. The molecule has 2 rings (SSSR count). The summed E-state index contributed by atoms with van der Waals surface area (Å²) in [7, 11) is 1.62. The zero-order valence-electron chi connectivity index (χ0n) is 11.2. The number of rotatable bonds is 4. The Labute approximate surface area is 108 Å². The molecule has 0 saturated heterocycles. The van der Waals surface area contributed by atoms with E-state index in [0.29, 0.717) is 12.5 Å². The van der Waals surface area contributed by atoms with Gasteiger partial charge in [-0.1, -0.05) is 13.8 Å². The third-order valence-electron chi connectivity index (χ3n) is 3.44. The maximum absolute atomic E-state index is 14.0. The van der Waals surface area contributed by atoms with Crippen LogP contribution in [0, 0.1) is 11.7 Å². The number of nitrogens with two attached hydrogens (primary N) is 1. The maximum Gasteiger partial charge on any atom is 0.128 e. The molecular formula is C14H21FN2O. The van der Waals surface area contributed by atoms with Gasteiger partial charge < -0.3 is 10.5 Å². The molecule has 2 N–H and O–H groups in total. The molecule has 1 aliphatic rings. The monoisotopic (exact) mass is 252 g/mol. The van der Waals surface area contributed by atoms with Crippen LogP contribution in [-0.4, -0.2) is 25.1 Å². The van der Waals surface area contributed by atoms with E-state index in [1.165, 1.54) is 6.07 Å². The minimum absolute atomic E-state index is 0.0301. The minimum Gasteiger partial charge on any atom is -0.496 e. The summed E-state index contributed by atoms with van der Waals surface area (Å²) in [4.78, 5) is 2.24. The smallest absolute Gasteiger partial charge is 0.128 e. The number of fused-ring (bicyclic) bond motifs is 1. The molecule has 1 unspecified atom stereocenters. The van der Waals surface area contributed by atoms with Gasteiger partial charge in [0.15, 0.2) is 0 Å². The first-order valence-electron chi connectivity index (χ1n) is 6.37. The van der Waals surface area contributed by atoms with Gasteiger partial charge in [-0.05, 0) is 18.1 Å². The predicted molar refractivity (Wildman–Crippen MR) is 70.0 cm³/mol. The molecule has 0 saturated carbocycles. The third-order valence-corrected chi connectivity index (χ3v) is 3.44. The van der Waals surface area contributed by atoms with Gasteiger partial charge >= 0.3 is 0 Å². The first-order chi connectivity index (χ1) is 8.58. The molecule has 100 valence electrons. The largest absolute Gasteiger partial charge is 0.496 e. The van der Waals surface area contributed by atoms with Crippen molar-refractivity contribution in [2.24, 2.45) is 11.7 Å². The Bertz CT molecular complexity index is 434. The molecule has 0 bridgehead atoms. The first kappa shape index (κ1) is 13.3. The summed E-state index contributed by atoms with van der Waals surface area (Å²) in [5.74, 6) is 1.12. The number of nitrogens with zero attached hydrogens (tertiary/aromatic N) is 1. The average Bonchev–Trinajstić information content (AvgIpc) is 2.67. The lowest BCUT2D eigenvalue weighted by Crippen LogP contribution is -2.31. The first-order valence-corrected chi connectivity index (χ1v) is 6.37. The van der Waals surface area contributed by atoms with Gasteiger partial charge in [-0.3, -0.25) is 4.90 Å². The molecule has 0 aromatic heterocycles. The fourth-order valence-corrected chi connectivity index (χ4v) is 2.75. The van der Waals surface area contributed by atoms with Crippen LogP contribution in [0.2, 0.25) is 0 Å². The van der Waals surface area contributed by atoms with E-state index in [1.807, 2.05) is 0 Å². The summed E-state index contributed by atoms with van der Waals surface area (Å²) < 4.78 is 19.3. The van der Waals surface area contributed by atoms with Crippen LogP contribution in [0.4, 0.5) is 4.39 Å². The van der Waals surface area contributed by atoms with Crippen LogP contribution in [-0.2, 0) is 6.54 Å². The van der Waals surface area contributed by atoms with Gasteiger partial charge in [-0.2, -0.15) is 0 Å². The van der Waals surface area contributed by atoms with Crippen molar-refractivity contribution >= 4 is 0 Å². The lowest BCUT2D eigenvalue weighted by atomic mass is 10.0. The molecule has 0 radical (unpaired) electrons. The van der Waals surface area contributed by atoms with Crippen molar-refractivity contribution in [3.05, 3.63) is 29.1 Å². The number of methoxy groups -OCH3 is 1. The van der Waals surface area contributed by atoms with Crippen molar-refractivity contribution < 1.29 is 9.13 Å². The summed E-state index contributed by atoms with van der Waals surface area (Å²) in [6.07, 6.45) is 0. The fraction of sp³-hybridized carbons (Fsp3) is 0.571. The van der Waals surface area contributed by atoms with E-state index in [9.17, 15) is 4.39 Å². The van der Waals surface area contributed by atoms with Crippen molar-refractivity contribution in [1.82, 2.24) is 4.90 Å².